The number of nitrogens with two attached hydrogens (primary N) is 2. The van der Waals surface area contributed by atoms with Crippen molar-refractivity contribution in [3.63, 3.8) is 0 Å². The van der Waals surface area contributed by atoms with Gasteiger partial charge in [0.15, 0.2) is 5.13 Å². The number of hydrogen-bond donors (Lipinski definition) is 2. The molecular weight excluding hydrogens is 446 g/mol. The number of fused-ring (bicyclic) bond motifs is 2. The van der Waals surface area contributed by atoms with Gasteiger partial charge in [0.05, 0.1) is 12.1 Å². The molecule has 3 aromatic heterocycles. The zero-order valence-corrected chi connectivity index (χ0v) is 19.0. The van der Waals surface area contributed by atoms with E-state index in [9.17, 15) is 0 Å². The Hall–Kier alpha value is -3.17. The van der Waals surface area contributed by atoms with E-state index >= 15 is 0 Å². The standard InChI is InChI=1S/C22H22ClN7OS/c1-2-3-15-18(23)28-21(24)29-19(15)30-6-7-31-17-5-4-12(8-14(17)11-30)13-9-16-20(26-10-13)32-22(25)27-16/h2-5,9-10,14H,6-8,11H2,1H3,(H2,25,27)(H2,24,28,29). The first-order chi connectivity index (χ1) is 15.5. The van der Waals surface area contributed by atoms with E-state index in [-0.39, 0.29) is 11.9 Å². The van der Waals surface area contributed by atoms with Gasteiger partial charge in [-0.1, -0.05) is 41.2 Å². The van der Waals surface area contributed by atoms with Crippen LogP contribution in [-0.4, -0.2) is 39.6 Å². The third-order valence-electron chi connectivity index (χ3n) is 5.55. The quantitative estimate of drug-likeness (QED) is 0.551. The molecule has 1 aliphatic heterocycles. The normalized spacial score (nSPS) is 18.8. The molecule has 1 atom stereocenters. The first-order valence-corrected chi connectivity index (χ1v) is 11.5. The Balaban J connectivity index is 1.45. The van der Waals surface area contributed by atoms with E-state index in [2.05, 4.69) is 37.0 Å². The second kappa shape index (κ2) is 8.40. The number of aromatic nitrogens is 4. The Labute approximate surface area is 194 Å². The van der Waals surface area contributed by atoms with Gasteiger partial charge in [-0.25, -0.2) is 15.0 Å². The minimum atomic E-state index is 0.155. The highest BCUT2D eigenvalue weighted by atomic mass is 35.5. The van der Waals surface area contributed by atoms with E-state index in [1.54, 1.807) is 0 Å². The monoisotopic (exact) mass is 467 g/mol. The predicted molar refractivity (Wildman–Crippen MR) is 130 cm³/mol. The van der Waals surface area contributed by atoms with Gasteiger partial charge in [0.25, 0.3) is 0 Å². The van der Waals surface area contributed by atoms with Crippen LogP contribution in [0.3, 0.4) is 0 Å². The number of pyridine rings is 1. The Kier molecular flexibility index (Phi) is 5.44. The molecular formula is C22H22ClN7OS. The molecule has 4 N–H and O–H groups in total. The van der Waals surface area contributed by atoms with E-state index < -0.39 is 0 Å². The number of nitrogen functional groups attached to an aromatic ring is 2. The maximum atomic E-state index is 6.38. The van der Waals surface area contributed by atoms with E-state index in [1.807, 2.05) is 31.3 Å². The number of hydrogen-bond acceptors (Lipinski definition) is 9. The van der Waals surface area contributed by atoms with Crippen molar-refractivity contribution in [2.75, 3.05) is 36.1 Å². The first kappa shape index (κ1) is 20.7. The summed E-state index contributed by atoms with van der Waals surface area (Å²) in [6.07, 6.45) is 10.7. The minimum Gasteiger partial charge on any atom is -0.496 e. The molecule has 0 bridgehead atoms. The van der Waals surface area contributed by atoms with Crippen molar-refractivity contribution >= 4 is 61.8 Å². The zero-order valence-electron chi connectivity index (χ0n) is 17.5. The molecule has 0 radical (unpaired) electrons. The van der Waals surface area contributed by atoms with Gasteiger partial charge in [-0.05, 0) is 36.6 Å². The SMILES string of the molecule is CC=Cc1c(Cl)nc(N)nc1N1CCOC2=CC=C(c3cnc4sc(N)nc4c3)CC2C1. The maximum absolute atomic E-state index is 6.38. The van der Waals surface area contributed by atoms with E-state index in [0.717, 1.165) is 46.0 Å². The zero-order chi connectivity index (χ0) is 22.2. The highest BCUT2D eigenvalue weighted by molar-refractivity contribution is 7.21. The summed E-state index contributed by atoms with van der Waals surface area (Å²) in [5, 5.41) is 0.870. The van der Waals surface area contributed by atoms with E-state index in [4.69, 9.17) is 27.8 Å². The fraction of sp³-hybridized carbons (Fsp3) is 0.273. The summed E-state index contributed by atoms with van der Waals surface area (Å²) in [5.41, 5.74) is 15.6. The van der Waals surface area contributed by atoms with Crippen molar-refractivity contribution < 1.29 is 4.74 Å². The van der Waals surface area contributed by atoms with Crippen LogP contribution in [0.25, 0.3) is 22.0 Å². The maximum Gasteiger partial charge on any atom is 0.223 e. The average Bonchev–Trinajstić information content (AvgIpc) is 3.01. The molecule has 1 saturated heterocycles. The van der Waals surface area contributed by atoms with Crippen molar-refractivity contribution in [1.82, 2.24) is 19.9 Å². The molecule has 0 aromatic carbocycles. The lowest BCUT2D eigenvalue weighted by molar-refractivity contribution is 0.202. The van der Waals surface area contributed by atoms with Crippen LogP contribution in [0.4, 0.5) is 16.9 Å². The topological polar surface area (TPSA) is 116 Å². The molecule has 3 aromatic rings. The second-order valence-corrected chi connectivity index (χ2v) is 9.03. The summed E-state index contributed by atoms with van der Waals surface area (Å²) in [7, 11) is 0. The fourth-order valence-electron chi connectivity index (χ4n) is 4.12. The Morgan fingerprint density at radius 2 is 2.12 bits per heavy atom. The molecule has 0 spiro atoms. The molecule has 1 aliphatic carbocycles. The van der Waals surface area contributed by atoms with Gasteiger partial charge >= 0.3 is 0 Å². The molecule has 1 unspecified atom stereocenters. The van der Waals surface area contributed by atoms with Crippen molar-refractivity contribution in [3.05, 3.63) is 52.5 Å². The Bertz CT molecular complexity index is 1280. The van der Waals surface area contributed by atoms with Crippen LogP contribution in [0.1, 0.15) is 24.5 Å². The summed E-state index contributed by atoms with van der Waals surface area (Å²) in [6, 6.07) is 2.05. The van der Waals surface area contributed by atoms with Crippen LogP contribution < -0.4 is 16.4 Å². The number of halogens is 1. The summed E-state index contributed by atoms with van der Waals surface area (Å²) in [5.74, 6) is 2.01. The van der Waals surface area contributed by atoms with Crippen molar-refractivity contribution in [2.24, 2.45) is 5.92 Å². The molecule has 5 rings (SSSR count). The second-order valence-electron chi connectivity index (χ2n) is 7.67. The lowest BCUT2D eigenvalue weighted by Crippen LogP contribution is -2.32. The summed E-state index contributed by atoms with van der Waals surface area (Å²) in [4.78, 5) is 20.5. The van der Waals surface area contributed by atoms with E-state index in [0.29, 0.717) is 23.4 Å². The molecule has 8 nitrogen and oxygen atoms in total. The van der Waals surface area contributed by atoms with Gasteiger partial charge in [0, 0.05) is 18.7 Å². The molecule has 2 aliphatic rings. The van der Waals surface area contributed by atoms with Crippen molar-refractivity contribution in [1.29, 1.82) is 0 Å². The van der Waals surface area contributed by atoms with E-state index in [1.165, 1.54) is 16.9 Å². The lowest BCUT2D eigenvalue weighted by Gasteiger charge is -2.28. The van der Waals surface area contributed by atoms with Gasteiger partial charge in [-0.3, -0.25) is 0 Å². The van der Waals surface area contributed by atoms with Crippen LogP contribution >= 0.6 is 22.9 Å². The third kappa shape index (κ3) is 3.89. The summed E-state index contributed by atoms with van der Waals surface area (Å²) >= 11 is 7.77. The number of rotatable bonds is 3. The molecule has 10 heteroatoms. The number of nitrogens with zero attached hydrogens (tertiary/aromatic N) is 5. The minimum absolute atomic E-state index is 0.155. The van der Waals surface area contributed by atoms with Gasteiger partial charge in [0.1, 0.15) is 33.7 Å². The molecule has 32 heavy (non-hydrogen) atoms. The van der Waals surface area contributed by atoms with Crippen LogP contribution in [0.5, 0.6) is 0 Å². The molecule has 1 fully saturated rings. The number of allylic oxidation sites excluding steroid dienone is 4. The smallest absolute Gasteiger partial charge is 0.223 e. The molecule has 164 valence electrons. The summed E-state index contributed by atoms with van der Waals surface area (Å²) < 4.78 is 6.08. The van der Waals surface area contributed by atoms with Gasteiger partial charge in [0.2, 0.25) is 5.95 Å². The van der Waals surface area contributed by atoms with Gasteiger partial charge < -0.3 is 21.1 Å². The van der Waals surface area contributed by atoms with Crippen molar-refractivity contribution in [3.8, 4) is 0 Å². The average molecular weight is 468 g/mol. The van der Waals surface area contributed by atoms with Crippen LogP contribution in [0.2, 0.25) is 5.15 Å². The number of ether oxygens (including phenoxy) is 1. The third-order valence-corrected chi connectivity index (χ3v) is 6.65. The lowest BCUT2D eigenvalue weighted by atomic mass is 9.88. The van der Waals surface area contributed by atoms with Gasteiger partial charge in [-0.2, -0.15) is 4.98 Å². The van der Waals surface area contributed by atoms with Gasteiger partial charge in [-0.15, -0.1) is 0 Å². The predicted octanol–water partition coefficient (Wildman–Crippen LogP) is 4.16. The van der Waals surface area contributed by atoms with Crippen LogP contribution in [-0.2, 0) is 4.74 Å². The van der Waals surface area contributed by atoms with Crippen LogP contribution in [0.15, 0.2) is 36.3 Å². The van der Waals surface area contributed by atoms with Crippen molar-refractivity contribution in [2.45, 2.75) is 13.3 Å². The Morgan fingerprint density at radius 1 is 1.25 bits per heavy atom. The fourth-order valence-corrected chi connectivity index (χ4v) is 5.01. The molecule has 0 amide bonds. The Morgan fingerprint density at radius 3 is 2.97 bits per heavy atom. The summed E-state index contributed by atoms with van der Waals surface area (Å²) in [6.45, 7) is 3.88. The highest BCUT2D eigenvalue weighted by Gasteiger charge is 2.29. The first-order valence-electron chi connectivity index (χ1n) is 10.3. The number of thiazole rings is 1. The highest BCUT2D eigenvalue weighted by Crippen LogP contribution is 2.37. The number of anilines is 3. The van der Waals surface area contributed by atoms with Crippen LogP contribution in [0, 0.1) is 5.92 Å². The largest absolute Gasteiger partial charge is 0.496 e. The molecule has 4 heterocycles. The molecule has 0 saturated carbocycles.